The van der Waals surface area contributed by atoms with Gasteiger partial charge in [-0.05, 0) is 6.42 Å². The summed E-state index contributed by atoms with van der Waals surface area (Å²) in [6.45, 7) is 5.78. The fraction of sp³-hybridized carbons (Fsp3) is 0.667. The molecule has 0 aliphatic rings. The Hall–Kier alpha value is 0.320. The van der Waals surface area contributed by atoms with E-state index >= 15 is 0 Å². The summed E-state index contributed by atoms with van der Waals surface area (Å²) in [5.41, 5.74) is 0. The summed E-state index contributed by atoms with van der Waals surface area (Å²) in [4.78, 5) is 0. The van der Waals surface area contributed by atoms with E-state index in [0.29, 0.717) is 0 Å². The number of allylic oxidation sites excluding steroid dienone is 1. The second-order valence-corrected chi connectivity index (χ2v) is 1.43. The monoisotopic (exact) mass is 156 g/mol. The summed E-state index contributed by atoms with van der Waals surface area (Å²) in [5.74, 6) is 0. The van der Waals surface area contributed by atoms with Gasteiger partial charge in [0.15, 0.2) is 0 Å². The van der Waals surface area contributed by atoms with E-state index in [1.54, 1.807) is 0 Å². The highest BCUT2D eigenvalue weighted by molar-refractivity contribution is 5.85. The molecule has 0 aliphatic heterocycles. The molecule has 52 valence electrons. The van der Waals surface area contributed by atoms with Gasteiger partial charge in [-0.15, -0.1) is 31.4 Å². The van der Waals surface area contributed by atoms with Crippen molar-refractivity contribution in [2.75, 3.05) is 0 Å². The highest BCUT2D eigenvalue weighted by atomic mass is 35.5. The van der Waals surface area contributed by atoms with Crippen molar-refractivity contribution in [3.63, 3.8) is 0 Å². The first kappa shape index (κ1) is 15.8. The van der Waals surface area contributed by atoms with Gasteiger partial charge in [0.1, 0.15) is 0 Å². The fourth-order valence-electron chi connectivity index (χ4n) is 0.348. The zero-order chi connectivity index (χ0) is 4.83. The van der Waals surface area contributed by atoms with Crippen LogP contribution in [0.4, 0.5) is 0 Å². The molecule has 0 saturated heterocycles. The van der Waals surface area contributed by atoms with Gasteiger partial charge in [0.25, 0.3) is 0 Å². The Balaban J connectivity index is -0.000000125. The number of hydrogen-bond acceptors (Lipinski definition) is 0. The van der Waals surface area contributed by atoms with Crippen molar-refractivity contribution in [3.8, 4) is 0 Å². The van der Waals surface area contributed by atoms with E-state index in [1.807, 2.05) is 6.08 Å². The molecule has 0 fully saturated rings. The Morgan fingerprint density at radius 2 is 1.88 bits per heavy atom. The van der Waals surface area contributed by atoms with Crippen molar-refractivity contribution in [1.29, 1.82) is 0 Å². The van der Waals surface area contributed by atoms with Crippen molar-refractivity contribution >= 4 is 24.8 Å². The average molecular weight is 157 g/mol. The van der Waals surface area contributed by atoms with Gasteiger partial charge in [0.05, 0.1) is 0 Å². The van der Waals surface area contributed by atoms with Crippen molar-refractivity contribution in [2.24, 2.45) is 0 Å². The Bertz CT molecular complexity index is 35.5. The highest BCUT2D eigenvalue weighted by Crippen LogP contribution is 1.91. The summed E-state index contributed by atoms with van der Waals surface area (Å²) >= 11 is 0. The minimum atomic E-state index is 0. The normalized spacial score (nSPS) is 6.12. The Morgan fingerprint density at radius 3 is 2.00 bits per heavy atom. The maximum absolute atomic E-state index is 3.60. The summed E-state index contributed by atoms with van der Waals surface area (Å²) < 4.78 is 0. The van der Waals surface area contributed by atoms with Crippen LogP contribution in [0, 0.1) is 0 Å². The van der Waals surface area contributed by atoms with Crippen LogP contribution >= 0.6 is 24.8 Å². The van der Waals surface area contributed by atoms with Gasteiger partial charge < -0.3 is 0 Å². The molecule has 0 rings (SSSR count). The lowest BCUT2D eigenvalue weighted by atomic mass is 10.3. The number of hydrogen-bond donors (Lipinski definition) is 0. The van der Waals surface area contributed by atoms with Crippen LogP contribution in [-0.2, 0) is 0 Å². The molecule has 0 nitrogen and oxygen atoms in total. The first-order chi connectivity index (χ1) is 2.91. The van der Waals surface area contributed by atoms with Crippen molar-refractivity contribution in [2.45, 2.75) is 26.2 Å². The van der Waals surface area contributed by atoms with Crippen LogP contribution in [0.25, 0.3) is 0 Å². The van der Waals surface area contributed by atoms with Gasteiger partial charge in [0.2, 0.25) is 0 Å². The van der Waals surface area contributed by atoms with Crippen LogP contribution < -0.4 is 0 Å². The third kappa shape index (κ3) is 16.2. The van der Waals surface area contributed by atoms with E-state index in [9.17, 15) is 0 Å². The topological polar surface area (TPSA) is 0 Å². The summed E-state index contributed by atoms with van der Waals surface area (Å²) in [7, 11) is 0. The standard InChI is InChI=1S/C6H12.2ClH/c1-3-5-6-4-2;;/h3H,1,4-6H2,2H3;2*1H. The molecule has 0 saturated carbocycles. The van der Waals surface area contributed by atoms with Gasteiger partial charge in [-0.3, -0.25) is 0 Å². The van der Waals surface area contributed by atoms with Crippen LogP contribution in [0.2, 0.25) is 0 Å². The van der Waals surface area contributed by atoms with Crippen LogP contribution in [0.5, 0.6) is 0 Å². The van der Waals surface area contributed by atoms with E-state index in [-0.39, 0.29) is 24.8 Å². The summed E-state index contributed by atoms with van der Waals surface area (Å²) in [5, 5.41) is 0. The lowest BCUT2D eigenvalue weighted by Gasteiger charge is -1.81. The van der Waals surface area contributed by atoms with Crippen LogP contribution in [0.15, 0.2) is 12.7 Å². The molecule has 0 radical (unpaired) electrons. The number of unbranched alkanes of at least 4 members (excludes halogenated alkanes) is 2. The molecule has 0 bridgehead atoms. The molecule has 0 aromatic heterocycles. The lowest BCUT2D eigenvalue weighted by Crippen LogP contribution is -1.61. The van der Waals surface area contributed by atoms with Gasteiger partial charge in [0, 0.05) is 0 Å². The quantitative estimate of drug-likeness (QED) is 0.435. The molecule has 0 unspecified atom stereocenters. The van der Waals surface area contributed by atoms with E-state index in [0.717, 1.165) is 0 Å². The Labute approximate surface area is 64.2 Å². The second kappa shape index (κ2) is 15.7. The average Bonchev–Trinajstić information content (AvgIpc) is 1.61. The molecule has 0 aliphatic carbocycles. The molecule has 0 atom stereocenters. The maximum Gasteiger partial charge on any atom is -0.0354 e. The van der Waals surface area contributed by atoms with Crippen molar-refractivity contribution in [1.82, 2.24) is 0 Å². The molecule has 2 heteroatoms. The second-order valence-electron chi connectivity index (χ2n) is 1.43. The molecule has 0 amide bonds. The van der Waals surface area contributed by atoms with Gasteiger partial charge >= 0.3 is 0 Å². The molecular formula is C6H14Cl2. The van der Waals surface area contributed by atoms with Crippen LogP contribution in [-0.4, -0.2) is 0 Å². The molecule has 8 heavy (non-hydrogen) atoms. The van der Waals surface area contributed by atoms with Crippen LogP contribution in [0.1, 0.15) is 26.2 Å². The fourth-order valence-corrected chi connectivity index (χ4v) is 0.348. The molecule has 0 N–H and O–H groups in total. The van der Waals surface area contributed by atoms with E-state index < -0.39 is 0 Å². The smallest absolute Gasteiger partial charge is 0.0354 e. The van der Waals surface area contributed by atoms with Gasteiger partial charge in [-0.1, -0.05) is 25.8 Å². The van der Waals surface area contributed by atoms with E-state index in [2.05, 4.69) is 13.5 Å². The largest absolute Gasteiger partial charge is 0.147 e. The summed E-state index contributed by atoms with van der Waals surface area (Å²) in [6.07, 6.45) is 5.72. The first-order valence-corrected chi connectivity index (χ1v) is 2.52. The number of rotatable bonds is 3. The first-order valence-electron chi connectivity index (χ1n) is 2.52. The van der Waals surface area contributed by atoms with Crippen LogP contribution in [0.3, 0.4) is 0 Å². The zero-order valence-corrected chi connectivity index (χ0v) is 6.86. The van der Waals surface area contributed by atoms with Crippen molar-refractivity contribution in [3.05, 3.63) is 12.7 Å². The molecule has 0 aromatic carbocycles. The molecule has 0 aromatic rings. The summed E-state index contributed by atoms with van der Waals surface area (Å²) in [6, 6.07) is 0. The molecule has 0 heterocycles. The molecule has 0 spiro atoms. The SMILES string of the molecule is C=CCCCC.Cl.Cl. The third-order valence-corrected chi connectivity index (χ3v) is 0.762. The van der Waals surface area contributed by atoms with E-state index in [1.165, 1.54) is 19.3 Å². The Morgan fingerprint density at radius 1 is 1.38 bits per heavy atom. The lowest BCUT2D eigenvalue weighted by molar-refractivity contribution is 0.816. The predicted molar refractivity (Wildman–Crippen MR) is 44.2 cm³/mol. The van der Waals surface area contributed by atoms with Crippen molar-refractivity contribution < 1.29 is 0 Å². The minimum Gasteiger partial charge on any atom is -0.147 e. The highest BCUT2D eigenvalue weighted by Gasteiger charge is 1.71. The third-order valence-electron chi connectivity index (χ3n) is 0.762. The van der Waals surface area contributed by atoms with E-state index in [4.69, 9.17) is 0 Å². The minimum absolute atomic E-state index is 0. The van der Waals surface area contributed by atoms with Gasteiger partial charge in [-0.2, -0.15) is 0 Å². The number of halogens is 2. The van der Waals surface area contributed by atoms with Gasteiger partial charge in [-0.25, -0.2) is 0 Å². The predicted octanol–water partition coefficient (Wildman–Crippen LogP) is 3.21. The Kier molecular flexibility index (Phi) is 30.8. The zero-order valence-electron chi connectivity index (χ0n) is 5.22. The molecular weight excluding hydrogens is 143 g/mol. The maximum atomic E-state index is 3.60.